The van der Waals surface area contributed by atoms with E-state index < -0.39 is 0 Å². The lowest BCUT2D eigenvalue weighted by atomic mass is 9.83. The quantitative estimate of drug-likeness (QED) is 0.743. The van der Waals surface area contributed by atoms with Gasteiger partial charge in [-0.3, -0.25) is 0 Å². The van der Waals surface area contributed by atoms with Crippen LogP contribution in [0.25, 0.3) is 0 Å². The second-order valence-corrected chi connectivity index (χ2v) is 7.78. The van der Waals surface area contributed by atoms with Crippen molar-refractivity contribution in [2.45, 2.75) is 45.1 Å². The Morgan fingerprint density at radius 1 is 1.33 bits per heavy atom. The van der Waals surface area contributed by atoms with Crippen molar-refractivity contribution >= 4 is 22.9 Å². The van der Waals surface area contributed by atoms with Crippen LogP contribution in [-0.4, -0.2) is 6.54 Å². The summed E-state index contributed by atoms with van der Waals surface area (Å²) in [6.07, 6.45) is 8.40. The van der Waals surface area contributed by atoms with E-state index in [0.717, 1.165) is 16.6 Å². The SMILES string of the molecule is CCC1(CNC(c2ccco2)c2ccc(Cl)s2)CCCC1. The van der Waals surface area contributed by atoms with E-state index in [9.17, 15) is 0 Å². The monoisotopic (exact) mass is 323 g/mol. The van der Waals surface area contributed by atoms with Gasteiger partial charge in [0.15, 0.2) is 0 Å². The minimum atomic E-state index is 0.113. The van der Waals surface area contributed by atoms with E-state index in [-0.39, 0.29) is 6.04 Å². The number of thiophene rings is 1. The van der Waals surface area contributed by atoms with E-state index in [0.29, 0.717) is 5.41 Å². The highest BCUT2D eigenvalue weighted by Crippen LogP contribution is 2.41. The molecule has 0 radical (unpaired) electrons. The van der Waals surface area contributed by atoms with Crippen LogP contribution in [0.5, 0.6) is 0 Å². The standard InChI is InChI=1S/C17H22ClNOS/c1-2-17(9-3-4-10-17)12-19-16(13-6-5-11-20-13)14-7-8-15(18)21-14/h5-8,11,16,19H,2-4,9-10,12H2,1H3. The van der Waals surface area contributed by atoms with Crippen LogP contribution in [-0.2, 0) is 0 Å². The van der Waals surface area contributed by atoms with Crippen LogP contribution in [0.3, 0.4) is 0 Å². The molecule has 0 bridgehead atoms. The maximum atomic E-state index is 6.11. The molecule has 1 N–H and O–H groups in total. The molecule has 0 amide bonds. The lowest BCUT2D eigenvalue weighted by Crippen LogP contribution is -2.34. The van der Waals surface area contributed by atoms with Crippen molar-refractivity contribution in [1.82, 2.24) is 5.32 Å². The summed E-state index contributed by atoms with van der Waals surface area (Å²) in [5.74, 6) is 0.970. The van der Waals surface area contributed by atoms with Crippen molar-refractivity contribution in [3.63, 3.8) is 0 Å². The molecular weight excluding hydrogens is 302 g/mol. The van der Waals surface area contributed by atoms with Crippen LogP contribution in [0.1, 0.15) is 55.7 Å². The third-order valence-corrected chi connectivity index (χ3v) is 6.10. The van der Waals surface area contributed by atoms with Gasteiger partial charge in [-0.15, -0.1) is 11.3 Å². The Morgan fingerprint density at radius 3 is 2.71 bits per heavy atom. The van der Waals surface area contributed by atoms with E-state index in [1.165, 1.54) is 37.0 Å². The normalized spacial score (nSPS) is 19.0. The zero-order chi connectivity index (χ0) is 14.7. The highest BCUT2D eigenvalue weighted by atomic mass is 35.5. The fraction of sp³-hybridized carbons (Fsp3) is 0.529. The molecule has 0 saturated heterocycles. The third-order valence-electron chi connectivity index (χ3n) is 4.80. The summed E-state index contributed by atoms with van der Waals surface area (Å²) in [5, 5.41) is 3.74. The van der Waals surface area contributed by atoms with Gasteiger partial charge in [0.1, 0.15) is 11.8 Å². The van der Waals surface area contributed by atoms with Crippen molar-refractivity contribution in [2.75, 3.05) is 6.54 Å². The number of nitrogens with one attached hydrogen (secondary N) is 1. The molecule has 0 aliphatic heterocycles. The van der Waals surface area contributed by atoms with Crippen LogP contribution in [0, 0.1) is 5.41 Å². The zero-order valence-electron chi connectivity index (χ0n) is 12.4. The lowest BCUT2D eigenvalue weighted by Gasteiger charge is -2.30. The largest absolute Gasteiger partial charge is 0.467 e. The van der Waals surface area contributed by atoms with E-state index in [1.807, 2.05) is 18.2 Å². The summed E-state index contributed by atoms with van der Waals surface area (Å²) in [6, 6.07) is 8.16. The number of furan rings is 1. The smallest absolute Gasteiger partial charge is 0.126 e. The van der Waals surface area contributed by atoms with Crippen LogP contribution in [0.15, 0.2) is 34.9 Å². The molecule has 2 aromatic rings. The van der Waals surface area contributed by atoms with Crippen LogP contribution in [0.4, 0.5) is 0 Å². The minimum Gasteiger partial charge on any atom is -0.467 e. The van der Waals surface area contributed by atoms with Gasteiger partial charge in [-0.2, -0.15) is 0 Å². The summed E-state index contributed by atoms with van der Waals surface area (Å²) in [5.41, 5.74) is 0.464. The number of halogens is 1. The highest BCUT2D eigenvalue weighted by molar-refractivity contribution is 7.16. The first kappa shape index (κ1) is 15.1. The predicted molar refractivity (Wildman–Crippen MR) is 89.1 cm³/mol. The molecule has 21 heavy (non-hydrogen) atoms. The molecule has 1 fully saturated rings. The molecule has 114 valence electrons. The summed E-state index contributed by atoms with van der Waals surface area (Å²) < 4.78 is 6.47. The maximum Gasteiger partial charge on any atom is 0.126 e. The molecule has 1 aliphatic carbocycles. The Bertz CT molecular complexity index is 557. The van der Waals surface area contributed by atoms with Crippen molar-refractivity contribution in [2.24, 2.45) is 5.41 Å². The van der Waals surface area contributed by atoms with E-state index in [2.05, 4.69) is 18.3 Å². The van der Waals surface area contributed by atoms with E-state index in [1.54, 1.807) is 17.6 Å². The topological polar surface area (TPSA) is 25.2 Å². The molecule has 1 saturated carbocycles. The number of hydrogen-bond donors (Lipinski definition) is 1. The first-order valence-electron chi connectivity index (χ1n) is 7.74. The second-order valence-electron chi connectivity index (χ2n) is 6.03. The molecule has 4 heteroatoms. The van der Waals surface area contributed by atoms with E-state index in [4.69, 9.17) is 16.0 Å². The minimum absolute atomic E-state index is 0.113. The van der Waals surface area contributed by atoms with Gasteiger partial charge in [0.25, 0.3) is 0 Å². The van der Waals surface area contributed by atoms with Gasteiger partial charge in [0.05, 0.1) is 10.6 Å². The van der Waals surface area contributed by atoms with Gasteiger partial charge >= 0.3 is 0 Å². The summed E-state index contributed by atoms with van der Waals surface area (Å²) >= 11 is 7.73. The second kappa shape index (κ2) is 6.55. The molecule has 3 rings (SSSR count). The van der Waals surface area contributed by atoms with Crippen LogP contribution >= 0.6 is 22.9 Å². The van der Waals surface area contributed by atoms with Gasteiger partial charge < -0.3 is 9.73 Å². The molecule has 2 heterocycles. The predicted octanol–water partition coefficient (Wildman–Crippen LogP) is 5.64. The fourth-order valence-corrected chi connectivity index (χ4v) is 4.52. The van der Waals surface area contributed by atoms with Crippen molar-refractivity contribution in [3.8, 4) is 0 Å². The van der Waals surface area contributed by atoms with Gasteiger partial charge in [0.2, 0.25) is 0 Å². The Hall–Kier alpha value is -0.770. The van der Waals surface area contributed by atoms with Crippen molar-refractivity contribution in [1.29, 1.82) is 0 Å². The highest BCUT2D eigenvalue weighted by Gasteiger charge is 2.33. The van der Waals surface area contributed by atoms with Crippen molar-refractivity contribution < 1.29 is 4.42 Å². The Morgan fingerprint density at radius 2 is 2.14 bits per heavy atom. The van der Waals surface area contributed by atoms with E-state index >= 15 is 0 Å². The Kier molecular flexibility index (Phi) is 4.72. The Labute approximate surface area is 135 Å². The summed E-state index contributed by atoms with van der Waals surface area (Å²) in [7, 11) is 0. The number of hydrogen-bond acceptors (Lipinski definition) is 3. The van der Waals surface area contributed by atoms with Crippen LogP contribution in [0.2, 0.25) is 4.34 Å². The molecule has 1 aliphatic rings. The summed E-state index contributed by atoms with van der Waals surface area (Å²) in [4.78, 5) is 1.22. The van der Waals surface area contributed by atoms with Gasteiger partial charge in [0, 0.05) is 11.4 Å². The van der Waals surface area contributed by atoms with Crippen molar-refractivity contribution in [3.05, 3.63) is 45.5 Å². The average molecular weight is 324 g/mol. The van der Waals surface area contributed by atoms with Gasteiger partial charge in [-0.05, 0) is 48.9 Å². The molecule has 2 nitrogen and oxygen atoms in total. The summed E-state index contributed by atoms with van der Waals surface area (Å²) in [6.45, 7) is 3.36. The molecule has 2 aromatic heterocycles. The third kappa shape index (κ3) is 3.36. The maximum absolute atomic E-state index is 6.11. The number of rotatable bonds is 6. The molecule has 1 unspecified atom stereocenters. The molecule has 0 aromatic carbocycles. The first-order valence-corrected chi connectivity index (χ1v) is 8.94. The molecular formula is C17H22ClNOS. The molecule has 1 atom stereocenters. The fourth-order valence-electron chi connectivity index (χ4n) is 3.38. The first-order chi connectivity index (χ1) is 10.2. The molecule has 0 spiro atoms. The lowest BCUT2D eigenvalue weighted by molar-refractivity contribution is 0.257. The van der Waals surface area contributed by atoms with Gasteiger partial charge in [-0.25, -0.2) is 0 Å². The van der Waals surface area contributed by atoms with Gasteiger partial charge in [-0.1, -0.05) is 31.4 Å². The van der Waals surface area contributed by atoms with Crippen LogP contribution < -0.4 is 5.32 Å². The Balaban J connectivity index is 1.77. The average Bonchev–Trinajstić information content (AvgIpc) is 3.22. The zero-order valence-corrected chi connectivity index (χ0v) is 14.0.